The molecule has 2 aromatic rings. The lowest BCUT2D eigenvalue weighted by Gasteiger charge is -2.21. The van der Waals surface area contributed by atoms with Crippen LogP contribution in [0.2, 0.25) is 0 Å². The van der Waals surface area contributed by atoms with Crippen molar-refractivity contribution >= 4 is 11.9 Å². The van der Waals surface area contributed by atoms with Crippen LogP contribution in [0.25, 0.3) is 11.5 Å². The van der Waals surface area contributed by atoms with E-state index in [1.807, 2.05) is 0 Å². The van der Waals surface area contributed by atoms with Gasteiger partial charge in [0.2, 0.25) is 11.8 Å². The third-order valence-electron chi connectivity index (χ3n) is 4.05. The Morgan fingerprint density at radius 1 is 1.29 bits per heavy atom. The van der Waals surface area contributed by atoms with Gasteiger partial charge in [0.1, 0.15) is 6.04 Å². The second kappa shape index (κ2) is 6.40. The van der Waals surface area contributed by atoms with Crippen molar-refractivity contribution in [3.8, 4) is 11.5 Å². The molecule has 24 heavy (non-hydrogen) atoms. The fourth-order valence-corrected chi connectivity index (χ4v) is 2.76. The molecule has 1 aromatic carbocycles. The summed E-state index contributed by atoms with van der Waals surface area (Å²) in [5.74, 6) is -0.538. The zero-order chi connectivity index (χ0) is 17.3. The molecule has 2 unspecified atom stereocenters. The molecule has 1 amide bonds. The zero-order valence-corrected chi connectivity index (χ0v) is 13.3. The molecule has 1 N–H and O–H groups in total. The van der Waals surface area contributed by atoms with Gasteiger partial charge in [-0.25, -0.2) is 4.79 Å². The van der Waals surface area contributed by atoms with E-state index in [-0.39, 0.29) is 25.0 Å². The molecule has 126 valence electrons. The molecule has 0 bridgehead atoms. The lowest BCUT2D eigenvalue weighted by atomic mass is 10.1. The highest BCUT2D eigenvalue weighted by molar-refractivity contribution is 5.97. The van der Waals surface area contributed by atoms with Gasteiger partial charge in [0.15, 0.2) is 0 Å². The molecule has 0 aliphatic carbocycles. The molecule has 0 spiro atoms. The number of carboxylic acids is 1. The van der Waals surface area contributed by atoms with E-state index in [4.69, 9.17) is 9.15 Å². The van der Waals surface area contributed by atoms with Gasteiger partial charge in [-0.3, -0.25) is 4.79 Å². The van der Waals surface area contributed by atoms with Crippen LogP contribution in [-0.2, 0) is 9.53 Å². The van der Waals surface area contributed by atoms with Crippen LogP contribution >= 0.6 is 0 Å². The van der Waals surface area contributed by atoms with Crippen LogP contribution in [0, 0.1) is 6.92 Å². The lowest BCUT2D eigenvalue weighted by molar-refractivity contribution is -0.141. The Hall–Kier alpha value is -2.74. The molecule has 3 rings (SSSR count). The maximum Gasteiger partial charge on any atom is 0.326 e. The van der Waals surface area contributed by atoms with Gasteiger partial charge in [-0.2, -0.15) is 0 Å². The summed E-state index contributed by atoms with van der Waals surface area (Å²) >= 11 is 0. The minimum Gasteiger partial charge on any atom is -0.480 e. The van der Waals surface area contributed by atoms with E-state index in [1.54, 1.807) is 31.2 Å². The zero-order valence-electron chi connectivity index (χ0n) is 13.3. The van der Waals surface area contributed by atoms with Gasteiger partial charge in [-0.05, 0) is 24.3 Å². The molecular weight excluding hydrogens is 314 g/mol. The Morgan fingerprint density at radius 2 is 2.00 bits per heavy atom. The van der Waals surface area contributed by atoms with Crippen molar-refractivity contribution in [1.29, 1.82) is 0 Å². The number of nitrogens with zero attached hydrogens (tertiary/aromatic N) is 3. The Bertz CT molecular complexity index is 755. The van der Waals surface area contributed by atoms with Crippen LogP contribution in [0.5, 0.6) is 0 Å². The van der Waals surface area contributed by atoms with E-state index in [1.165, 1.54) is 12.0 Å². The highest BCUT2D eigenvalue weighted by Gasteiger charge is 2.40. The van der Waals surface area contributed by atoms with Crippen LogP contribution in [0.4, 0.5) is 0 Å². The number of hydrogen-bond acceptors (Lipinski definition) is 6. The summed E-state index contributed by atoms with van der Waals surface area (Å²) in [6.07, 6.45) is 0.0207. The average molecular weight is 331 g/mol. The predicted octanol–water partition coefficient (Wildman–Crippen LogP) is 1.36. The first kappa shape index (κ1) is 16.1. The summed E-state index contributed by atoms with van der Waals surface area (Å²) in [7, 11) is 1.51. The van der Waals surface area contributed by atoms with Crippen LogP contribution in [0.15, 0.2) is 28.7 Å². The fourth-order valence-electron chi connectivity index (χ4n) is 2.76. The smallest absolute Gasteiger partial charge is 0.326 e. The largest absolute Gasteiger partial charge is 0.480 e. The van der Waals surface area contributed by atoms with Crippen LogP contribution in [0.1, 0.15) is 22.7 Å². The number of aliphatic carboxylic acids is 1. The molecule has 0 saturated carbocycles. The summed E-state index contributed by atoms with van der Waals surface area (Å²) in [5, 5.41) is 17.0. The van der Waals surface area contributed by atoms with E-state index in [0.717, 1.165) is 0 Å². The summed E-state index contributed by atoms with van der Waals surface area (Å²) < 4.78 is 10.5. The number of amides is 1. The van der Waals surface area contributed by atoms with E-state index in [2.05, 4.69) is 10.2 Å². The molecular formula is C16H17N3O5. The van der Waals surface area contributed by atoms with Gasteiger partial charge in [0.05, 0.1) is 6.10 Å². The number of carbonyl (C=O) groups is 2. The van der Waals surface area contributed by atoms with Crippen LogP contribution in [-0.4, -0.2) is 57.9 Å². The van der Waals surface area contributed by atoms with Crippen molar-refractivity contribution in [2.75, 3.05) is 13.7 Å². The first-order chi connectivity index (χ1) is 11.5. The third kappa shape index (κ3) is 3.00. The number of rotatable bonds is 4. The monoisotopic (exact) mass is 331 g/mol. The predicted molar refractivity (Wildman–Crippen MR) is 82.3 cm³/mol. The van der Waals surface area contributed by atoms with Crippen molar-refractivity contribution in [2.45, 2.75) is 25.5 Å². The second-order valence-electron chi connectivity index (χ2n) is 5.61. The molecule has 2 atom stereocenters. The first-order valence-corrected chi connectivity index (χ1v) is 7.46. The third-order valence-corrected chi connectivity index (χ3v) is 4.05. The van der Waals surface area contributed by atoms with Crippen molar-refractivity contribution in [3.63, 3.8) is 0 Å². The van der Waals surface area contributed by atoms with E-state index in [0.29, 0.717) is 22.9 Å². The highest BCUT2D eigenvalue weighted by Crippen LogP contribution is 2.24. The quantitative estimate of drug-likeness (QED) is 0.901. The van der Waals surface area contributed by atoms with E-state index in [9.17, 15) is 14.7 Å². The number of hydrogen-bond donors (Lipinski definition) is 1. The number of ether oxygens (including phenoxy) is 1. The number of methoxy groups -OCH3 is 1. The Morgan fingerprint density at radius 3 is 2.54 bits per heavy atom. The van der Waals surface area contributed by atoms with Gasteiger partial charge in [-0.15, -0.1) is 10.2 Å². The summed E-state index contributed by atoms with van der Waals surface area (Å²) in [6.45, 7) is 1.96. The van der Waals surface area contributed by atoms with Crippen molar-refractivity contribution in [3.05, 3.63) is 35.7 Å². The lowest BCUT2D eigenvalue weighted by Crippen LogP contribution is -2.40. The van der Waals surface area contributed by atoms with Gasteiger partial charge in [-0.1, -0.05) is 0 Å². The first-order valence-electron chi connectivity index (χ1n) is 7.46. The Kier molecular flexibility index (Phi) is 4.30. The van der Waals surface area contributed by atoms with E-state index < -0.39 is 12.0 Å². The van der Waals surface area contributed by atoms with Gasteiger partial charge in [0.25, 0.3) is 5.91 Å². The minimum absolute atomic E-state index is 0.261. The highest BCUT2D eigenvalue weighted by atomic mass is 16.5. The maximum atomic E-state index is 12.6. The maximum absolute atomic E-state index is 12.6. The average Bonchev–Trinajstić information content (AvgIpc) is 3.20. The standard InChI is InChI=1S/C16H17N3O5/c1-9-17-18-14(24-9)10-3-5-11(6-4-10)15(20)19-8-12(23-2)7-13(19)16(21)22/h3-6,12-13H,7-8H2,1-2H3,(H,21,22). The second-order valence-corrected chi connectivity index (χ2v) is 5.61. The van der Waals surface area contributed by atoms with Crippen molar-refractivity contribution < 1.29 is 23.8 Å². The molecule has 1 aliphatic heterocycles. The SMILES string of the molecule is COC1CC(C(=O)O)N(C(=O)c2ccc(-c3nnc(C)o3)cc2)C1. The van der Waals surface area contributed by atoms with Crippen LogP contribution < -0.4 is 0 Å². The molecule has 2 heterocycles. The molecule has 8 nitrogen and oxygen atoms in total. The molecule has 1 aliphatic rings. The summed E-state index contributed by atoms with van der Waals surface area (Å²) in [4.78, 5) is 25.3. The molecule has 1 fully saturated rings. The number of likely N-dealkylation sites (tertiary alicyclic amines) is 1. The fraction of sp³-hybridized carbons (Fsp3) is 0.375. The molecule has 1 aromatic heterocycles. The summed E-state index contributed by atoms with van der Waals surface area (Å²) in [5.41, 5.74) is 1.09. The number of carboxylic acid groups (broad SMARTS) is 1. The van der Waals surface area contributed by atoms with Crippen LogP contribution in [0.3, 0.4) is 0 Å². The molecule has 0 radical (unpaired) electrons. The number of aromatic nitrogens is 2. The molecule has 1 saturated heterocycles. The minimum atomic E-state index is -1.03. The van der Waals surface area contributed by atoms with Gasteiger partial charge < -0.3 is 19.2 Å². The number of benzene rings is 1. The summed E-state index contributed by atoms with van der Waals surface area (Å²) in [6, 6.07) is 5.76. The van der Waals surface area contributed by atoms with Crippen molar-refractivity contribution in [1.82, 2.24) is 15.1 Å². The molecule has 8 heteroatoms. The topological polar surface area (TPSA) is 106 Å². The Labute approximate surface area is 138 Å². The normalized spacial score (nSPS) is 20.3. The van der Waals surface area contributed by atoms with Gasteiger partial charge in [0, 0.05) is 38.1 Å². The van der Waals surface area contributed by atoms with Gasteiger partial charge >= 0.3 is 5.97 Å². The number of aryl methyl sites for hydroxylation is 1. The van der Waals surface area contributed by atoms with Crippen molar-refractivity contribution in [2.24, 2.45) is 0 Å². The Balaban J connectivity index is 1.80. The van der Waals surface area contributed by atoms with E-state index >= 15 is 0 Å². The number of carbonyl (C=O) groups excluding carboxylic acids is 1.